The van der Waals surface area contributed by atoms with Gasteiger partial charge in [0.2, 0.25) is 0 Å². The number of thiol groups is 1. The van der Waals surface area contributed by atoms with Crippen molar-refractivity contribution in [3.8, 4) is 0 Å². The lowest BCUT2D eigenvalue weighted by molar-refractivity contribution is 0.318. The molecule has 4 heteroatoms. The molecule has 2 nitrogen and oxygen atoms in total. The number of hydrogen-bond donors (Lipinski definition) is 1. The molecule has 1 aromatic heterocycles. The summed E-state index contributed by atoms with van der Waals surface area (Å²) < 4.78 is 0. The molecule has 0 amide bonds. The molecular weight excluding hydrogens is 200 g/mol. The Kier molecular flexibility index (Phi) is 5.43. The second-order valence-corrected chi connectivity index (χ2v) is 4.31. The Bertz CT molecular complexity index is 211. The van der Waals surface area contributed by atoms with Gasteiger partial charge in [0.25, 0.3) is 0 Å². The molecule has 0 aliphatic rings. The molecule has 1 heterocycles. The van der Waals surface area contributed by atoms with E-state index >= 15 is 0 Å². The van der Waals surface area contributed by atoms with E-state index in [2.05, 4.69) is 34.9 Å². The maximum Gasteiger partial charge on any atom is 0.0795 e. The first-order valence-electron chi connectivity index (χ1n) is 4.49. The van der Waals surface area contributed by atoms with Crippen LogP contribution < -0.4 is 0 Å². The number of thiazole rings is 1. The Balaban J connectivity index is 2.14. The fourth-order valence-electron chi connectivity index (χ4n) is 1.16. The van der Waals surface area contributed by atoms with Crippen LogP contribution in [0.2, 0.25) is 0 Å². The Morgan fingerprint density at radius 2 is 2.38 bits per heavy atom. The molecule has 0 spiro atoms. The van der Waals surface area contributed by atoms with Gasteiger partial charge in [0.1, 0.15) is 0 Å². The van der Waals surface area contributed by atoms with Gasteiger partial charge in [0.15, 0.2) is 0 Å². The Morgan fingerprint density at radius 3 is 3.00 bits per heavy atom. The third kappa shape index (κ3) is 4.64. The van der Waals surface area contributed by atoms with E-state index in [1.54, 1.807) is 11.3 Å². The third-order valence-corrected chi connectivity index (χ3v) is 2.81. The zero-order chi connectivity index (χ0) is 9.52. The van der Waals surface area contributed by atoms with E-state index in [1.807, 2.05) is 5.51 Å². The van der Waals surface area contributed by atoms with Crippen molar-refractivity contribution in [1.82, 2.24) is 9.88 Å². The zero-order valence-corrected chi connectivity index (χ0v) is 9.65. The number of rotatable bonds is 6. The van der Waals surface area contributed by atoms with Gasteiger partial charge in [0, 0.05) is 11.9 Å². The number of nitrogens with zero attached hydrogens (tertiary/aromatic N) is 2. The van der Waals surface area contributed by atoms with E-state index in [0.29, 0.717) is 0 Å². The van der Waals surface area contributed by atoms with Crippen LogP contribution in [-0.4, -0.2) is 29.2 Å². The van der Waals surface area contributed by atoms with Gasteiger partial charge in [0.05, 0.1) is 11.2 Å². The molecule has 0 radical (unpaired) electrons. The fraction of sp³-hybridized carbons (Fsp3) is 0.667. The van der Waals surface area contributed by atoms with Gasteiger partial charge in [-0.3, -0.25) is 0 Å². The quantitative estimate of drug-likeness (QED) is 0.580. The average Bonchev–Trinajstić information content (AvgIpc) is 2.57. The summed E-state index contributed by atoms with van der Waals surface area (Å²) in [5.74, 6) is 0.991. The molecule has 1 aromatic rings. The molecule has 0 bridgehead atoms. The largest absolute Gasteiger partial charge is 0.301 e. The molecule has 0 saturated heterocycles. The lowest BCUT2D eigenvalue weighted by Crippen LogP contribution is -2.19. The van der Waals surface area contributed by atoms with Crippen molar-refractivity contribution >= 4 is 24.0 Å². The monoisotopic (exact) mass is 216 g/mol. The Hall–Kier alpha value is -0.0600. The van der Waals surface area contributed by atoms with Gasteiger partial charge in [-0.1, -0.05) is 0 Å². The van der Waals surface area contributed by atoms with Crippen LogP contribution in [0.15, 0.2) is 10.9 Å². The molecule has 0 aliphatic heterocycles. The summed E-state index contributed by atoms with van der Waals surface area (Å²) in [6.07, 6.45) is 2.43. The van der Waals surface area contributed by atoms with Crippen molar-refractivity contribution < 1.29 is 0 Å². The number of hydrogen-bond acceptors (Lipinski definition) is 4. The highest BCUT2D eigenvalue weighted by molar-refractivity contribution is 7.80. The minimum absolute atomic E-state index is 0.968. The first-order valence-corrected chi connectivity index (χ1v) is 6.07. The maximum absolute atomic E-state index is 4.25. The van der Waals surface area contributed by atoms with Crippen LogP contribution in [0.25, 0.3) is 0 Å². The van der Waals surface area contributed by atoms with Crippen molar-refractivity contribution in [2.75, 3.05) is 19.3 Å². The van der Waals surface area contributed by atoms with E-state index in [4.69, 9.17) is 0 Å². The average molecular weight is 216 g/mol. The number of unbranched alkanes of at least 4 members (excludes halogenated alkanes) is 1. The minimum atomic E-state index is 0.968. The second kappa shape index (κ2) is 6.40. The van der Waals surface area contributed by atoms with Crippen molar-refractivity contribution in [3.05, 3.63) is 16.6 Å². The molecule has 0 unspecified atom stereocenters. The van der Waals surface area contributed by atoms with Crippen LogP contribution in [-0.2, 0) is 6.54 Å². The summed E-state index contributed by atoms with van der Waals surface area (Å²) in [6.45, 7) is 2.11. The molecule has 74 valence electrons. The van der Waals surface area contributed by atoms with Crippen LogP contribution in [0.5, 0.6) is 0 Å². The van der Waals surface area contributed by atoms with Crippen molar-refractivity contribution in [2.45, 2.75) is 19.4 Å². The molecule has 0 saturated carbocycles. The summed E-state index contributed by atoms with van der Waals surface area (Å²) in [4.78, 5) is 6.55. The summed E-state index contributed by atoms with van der Waals surface area (Å²) in [7, 11) is 2.14. The van der Waals surface area contributed by atoms with Crippen molar-refractivity contribution in [2.24, 2.45) is 0 Å². The van der Waals surface area contributed by atoms with Gasteiger partial charge in [-0.25, -0.2) is 4.98 Å². The molecule has 13 heavy (non-hydrogen) atoms. The molecule has 0 N–H and O–H groups in total. The molecule has 0 aliphatic carbocycles. The maximum atomic E-state index is 4.25. The van der Waals surface area contributed by atoms with Gasteiger partial charge < -0.3 is 4.90 Å². The SMILES string of the molecule is CN(CCCCS)Cc1cscn1. The van der Waals surface area contributed by atoms with Gasteiger partial charge in [-0.15, -0.1) is 11.3 Å². The van der Waals surface area contributed by atoms with Gasteiger partial charge >= 0.3 is 0 Å². The standard InChI is InChI=1S/C9H16N2S2/c1-11(4-2-3-5-12)6-9-7-13-8-10-9/h7-8,12H,2-6H2,1H3. The zero-order valence-electron chi connectivity index (χ0n) is 7.94. The number of aromatic nitrogens is 1. The van der Waals surface area contributed by atoms with E-state index in [1.165, 1.54) is 18.5 Å². The highest BCUT2D eigenvalue weighted by atomic mass is 32.1. The van der Waals surface area contributed by atoms with Crippen LogP contribution in [0.3, 0.4) is 0 Å². The molecule has 0 aromatic carbocycles. The summed E-state index contributed by atoms with van der Waals surface area (Å²) in [6, 6.07) is 0. The highest BCUT2D eigenvalue weighted by Gasteiger charge is 2.00. The van der Waals surface area contributed by atoms with Crippen molar-refractivity contribution in [3.63, 3.8) is 0 Å². The summed E-state index contributed by atoms with van der Waals surface area (Å²) in [5.41, 5.74) is 3.06. The first-order chi connectivity index (χ1) is 6.33. The predicted molar refractivity (Wildman–Crippen MR) is 61.5 cm³/mol. The topological polar surface area (TPSA) is 16.1 Å². The van der Waals surface area contributed by atoms with Gasteiger partial charge in [-0.2, -0.15) is 12.6 Å². The molecule has 1 rings (SSSR count). The second-order valence-electron chi connectivity index (χ2n) is 3.15. The lowest BCUT2D eigenvalue weighted by atomic mass is 10.3. The smallest absolute Gasteiger partial charge is 0.0795 e. The van der Waals surface area contributed by atoms with E-state index in [0.717, 1.165) is 18.8 Å². The highest BCUT2D eigenvalue weighted by Crippen LogP contribution is 2.04. The van der Waals surface area contributed by atoms with Crippen molar-refractivity contribution in [1.29, 1.82) is 0 Å². The third-order valence-electron chi connectivity index (χ3n) is 1.86. The summed E-state index contributed by atoms with van der Waals surface area (Å²) in [5, 5.41) is 2.11. The van der Waals surface area contributed by atoms with E-state index < -0.39 is 0 Å². The van der Waals surface area contributed by atoms with Crippen LogP contribution >= 0.6 is 24.0 Å². The van der Waals surface area contributed by atoms with E-state index in [-0.39, 0.29) is 0 Å². The van der Waals surface area contributed by atoms with Crippen LogP contribution in [0, 0.1) is 0 Å². The minimum Gasteiger partial charge on any atom is -0.301 e. The Morgan fingerprint density at radius 1 is 1.54 bits per heavy atom. The molecule has 0 atom stereocenters. The summed E-state index contributed by atoms with van der Waals surface area (Å²) >= 11 is 5.84. The van der Waals surface area contributed by atoms with Crippen LogP contribution in [0.4, 0.5) is 0 Å². The Labute approximate surface area is 89.4 Å². The molecular formula is C9H16N2S2. The van der Waals surface area contributed by atoms with E-state index in [9.17, 15) is 0 Å². The normalized spacial score (nSPS) is 11.0. The molecule has 0 fully saturated rings. The van der Waals surface area contributed by atoms with Crippen LogP contribution in [0.1, 0.15) is 18.5 Å². The predicted octanol–water partition coefficient (Wildman–Crippen LogP) is 2.28. The fourth-order valence-corrected chi connectivity index (χ4v) is 1.94. The first kappa shape index (κ1) is 11.0. The lowest BCUT2D eigenvalue weighted by Gasteiger charge is -2.14. The van der Waals surface area contributed by atoms with Gasteiger partial charge in [-0.05, 0) is 32.2 Å².